The standard InChI is InChI=1S/C15H14N2O7/c1-8(18)12-13(9-3-2-4-10(7-9)17(23)24)16(6-5-11(19)20)15(22)14(12)21/h2-4,7,12-13H,5-6H2,1H3,(H,19,20). The number of aliphatic carboxylic acids is 1. The highest BCUT2D eigenvalue weighted by atomic mass is 16.6. The Bertz CT molecular complexity index is 743. The van der Waals surface area contributed by atoms with Crippen LogP contribution in [0.3, 0.4) is 0 Å². The second kappa shape index (κ2) is 6.57. The molecule has 9 heteroatoms. The van der Waals surface area contributed by atoms with Gasteiger partial charge in [0.05, 0.1) is 17.4 Å². The van der Waals surface area contributed by atoms with E-state index < -0.39 is 46.7 Å². The molecule has 0 aliphatic carbocycles. The minimum Gasteiger partial charge on any atom is -0.481 e. The summed E-state index contributed by atoms with van der Waals surface area (Å²) < 4.78 is 0. The number of nitrogens with zero attached hydrogens (tertiary/aromatic N) is 2. The number of benzene rings is 1. The largest absolute Gasteiger partial charge is 0.481 e. The molecular formula is C15H14N2O7. The normalized spacial score (nSPS) is 20.3. The van der Waals surface area contributed by atoms with Gasteiger partial charge in [0, 0.05) is 18.7 Å². The molecule has 1 fully saturated rings. The van der Waals surface area contributed by atoms with Crippen molar-refractivity contribution in [3.63, 3.8) is 0 Å². The highest BCUT2D eigenvalue weighted by Gasteiger charge is 2.50. The van der Waals surface area contributed by atoms with E-state index in [9.17, 15) is 29.3 Å². The van der Waals surface area contributed by atoms with E-state index in [-0.39, 0.29) is 17.8 Å². The smallest absolute Gasteiger partial charge is 0.305 e. The molecule has 9 nitrogen and oxygen atoms in total. The van der Waals surface area contributed by atoms with Gasteiger partial charge in [-0.25, -0.2) is 0 Å². The van der Waals surface area contributed by atoms with Gasteiger partial charge >= 0.3 is 5.97 Å². The van der Waals surface area contributed by atoms with Crippen LogP contribution in [0.1, 0.15) is 24.9 Å². The van der Waals surface area contributed by atoms with Crippen molar-refractivity contribution in [1.29, 1.82) is 0 Å². The monoisotopic (exact) mass is 334 g/mol. The summed E-state index contributed by atoms with van der Waals surface area (Å²) in [6.45, 7) is 0.887. The van der Waals surface area contributed by atoms with Crippen molar-refractivity contribution in [2.24, 2.45) is 5.92 Å². The van der Waals surface area contributed by atoms with Gasteiger partial charge in [-0.15, -0.1) is 0 Å². The second-order valence-corrected chi connectivity index (χ2v) is 5.39. The van der Waals surface area contributed by atoms with Crippen molar-refractivity contribution < 1.29 is 29.2 Å². The topological polar surface area (TPSA) is 135 Å². The zero-order chi connectivity index (χ0) is 18.0. The lowest BCUT2D eigenvalue weighted by Gasteiger charge is -2.26. The summed E-state index contributed by atoms with van der Waals surface area (Å²) in [5.41, 5.74) is -0.00577. The predicted octanol–water partition coefficient (Wildman–Crippen LogP) is 0.727. The summed E-state index contributed by atoms with van der Waals surface area (Å²) in [7, 11) is 0. The Kier molecular flexibility index (Phi) is 4.72. The van der Waals surface area contributed by atoms with Gasteiger partial charge in [0.1, 0.15) is 11.7 Å². The van der Waals surface area contributed by atoms with Gasteiger partial charge in [-0.2, -0.15) is 0 Å². The third-order valence-corrected chi connectivity index (χ3v) is 3.83. The fourth-order valence-corrected chi connectivity index (χ4v) is 2.78. The molecule has 1 aromatic rings. The number of carbonyl (C=O) groups excluding carboxylic acids is 3. The van der Waals surface area contributed by atoms with Crippen molar-refractivity contribution in [3.05, 3.63) is 39.9 Å². The van der Waals surface area contributed by atoms with Gasteiger partial charge < -0.3 is 10.0 Å². The summed E-state index contributed by atoms with van der Waals surface area (Å²) in [6.07, 6.45) is -0.408. The van der Waals surface area contributed by atoms with E-state index in [1.165, 1.54) is 24.3 Å². The van der Waals surface area contributed by atoms with Gasteiger partial charge in [0.25, 0.3) is 11.6 Å². The van der Waals surface area contributed by atoms with Gasteiger partial charge in [0.15, 0.2) is 0 Å². The summed E-state index contributed by atoms with van der Waals surface area (Å²) in [5, 5.41) is 19.7. The van der Waals surface area contributed by atoms with E-state index in [0.717, 1.165) is 11.8 Å². The lowest BCUT2D eigenvalue weighted by molar-refractivity contribution is -0.385. The van der Waals surface area contributed by atoms with Crippen molar-refractivity contribution in [2.75, 3.05) is 6.54 Å². The number of carboxylic acid groups (broad SMARTS) is 1. The summed E-state index contributed by atoms with van der Waals surface area (Å²) in [6, 6.07) is 4.23. The Morgan fingerprint density at radius 2 is 2.00 bits per heavy atom. The number of amides is 1. The molecule has 0 saturated carbocycles. The zero-order valence-corrected chi connectivity index (χ0v) is 12.7. The minimum absolute atomic E-state index is 0.244. The number of carboxylic acids is 1. The van der Waals surface area contributed by atoms with Crippen LogP contribution in [0.25, 0.3) is 0 Å². The van der Waals surface area contributed by atoms with Crippen LogP contribution in [0.2, 0.25) is 0 Å². The Morgan fingerprint density at radius 1 is 1.33 bits per heavy atom. The molecule has 24 heavy (non-hydrogen) atoms. The lowest BCUT2D eigenvalue weighted by Crippen LogP contribution is -2.32. The lowest BCUT2D eigenvalue weighted by atomic mass is 9.89. The van der Waals surface area contributed by atoms with Crippen LogP contribution in [0, 0.1) is 16.0 Å². The van der Waals surface area contributed by atoms with Crippen LogP contribution < -0.4 is 0 Å². The maximum atomic E-state index is 12.1. The molecule has 0 bridgehead atoms. The van der Waals surface area contributed by atoms with Crippen LogP contribution in [-0.2, 0) is 19.2 Å². The number of carbonyl (C=O) groups is 4. The molecule has 2 unspecified atom stereocenters. The second-order valence-electron chi connectivity index (χ2n) is 5.39. The first kappa shape index (κ1) is 17.3. The fourth-order valence-electron chi connectivity index (χ4n) is 2.78. The molecule has 1 saturated heterocycles. The van der Waals surface area contributed by atoms with Gasteiger partial charge in [-0.05, 0) is 12.5 Å². The molecule has 0 radical (unpaired) electrons. The first-order chi connectivity index (χ1) is 11.2. The quantitative estimate of drug-likeness (QED) is 0.350. The summed E-state index contributed by atoms with van der Waals surface area (Å²) in [5.74, 6) is -4.90. The SMILES string of the molecule is CC(=O)C1C(=O)C(=O)N(CCC(=O)O)C1c1cccc([N+](=O)[O-])c1. The van der Waals surface area contributed by atoms with E-state index in [2.05, 4.69) is 0 Å². The van der Waals surface area contributed by atoms with Gasteiger partial charge in [0.2, 0.25) is 5.78 Å². The van der Waals surface area contributed by atoms with E-state index in [1.807, 2.05) is 0 Å². The van der Waals surface area contributed by atoms with Crippen LogP contribution in [0.15, 0.2) is 24.3 Å². The first-order valence-corrected chi connectivity index (χ1v) is 7.05. The van der Waals surface area contributed by atoms with Crippen molar-refractivity contribution in [2.45, 2.75) is 19.4 Å². The third kappa shape index (κ3) is 3.14. The number of non-ortho nitro benzene ring substituents is 1. The molecule has 0 aromatic heterocycles. The Hall–Kier alpha value is -3.10. The van der Waals surface area contributed by atoms with Crippen LogP contribution in [0.5, 0.6) is 0 Å². The minimum atomic E-state index is -1.30. The average molecular weight is 334 g/mol. The van der Waals surface area contributed by atoms with Crippen molar-refractivity contribution >= 4 is 29.1 Å². The molecule has 0 spiro atoms. The molecule has 1 amide bonds. The predicted molar refractivity (Wildman–Crippen MR) is 79.0 cm³/mol. The molecule has 2 atom stereocenters. The number of likely N-dealkylation sites (tertiary alicyclic amines) is 1. The van der Waals surface area contributed by atoms with Crippen LogP contribution >= 0.6 is 0 Å². The number of nitro benzene ring substituents is 1. The van der Waals surface area contributed by atoms with E-state index >= 15 is 0 Å². The van der Waals surface area contributed by atoms with E-state index in [0.29, 0.717) is 0 Å². The molecule has 1 aliphatic heterocycles. The van der Waals surface area contributed by atoms with Crippen molar-refractivity contribution in [1.82, 2.24) is 4.90 Å². The number of hydrogen-bond donors (Lipinski definition) is 1. The summed E-state index contributed by atoms with van der Waals surface area (Å²) in [4.78, 5) is 58.1. The first-order valence-electron chi connectivity index (χ1n) is 7.05. The zero-order valence-electron chi connectivity index (χ0n) is 12.7. The Labute approximate surface area is 136 Å². The highest BCUT2D eigenvalue weighted by Crippen LogP contribution is 2.37. The van der Waals surface area contributed by atoms with Gasteiger partial charge in [-0.1, -0.05) is 12.1 Å². The fraction of sp³-hybridized carbons (Fsp3) is 0.333. The molecule has 2 rings (SSSR count). The van der Waals surface area contributed by atoms with E-state index in [1.54, 1.807) is 0 Å². The number of ketones is 2. The van der Waals surface area contributed by atoms with Gasteiger partial charge in [-0.3, -0.25) is 29.3 Å². The molecule has 126 valence electrons. The molecular weight excluding hydrogens is 320 g/mol. The average Bonchev–Trinajstić information content (AvgIpc) is 2.77. The van der Waals surface area contributed by atoms with Crippen LogP contribution in [-0.4, -0.2) is 44.9 Å². The highest BCUT2D eigenvalue weighted by molar-refractivity contribution is 6.42. The number of rotatable bonds is 6. The maximum absolute atomic E-state index is 12.1. The third-order valence-electron chi connectivity index (χ3n) is 3.83. The van der Waals surface area contributed by atoms with Crippen molar-refractivity contribution in [3.8, 4) is 0 Å². The maximum Gasteiger partial charge on any atom is 0.305 e. The Balaban J connectivity index is 2.49. The molecule has 1 N–H and O–H groups in total. The van der Waals surface area contributed by atoms with Crippen LogP contribution in [0.4, 0.5) is 5.69 Å². The molecule has 1 aromatic carbocycles. The number of Topliss-reactive ketones (excluding diaryl/α,β-unsaturated/α-hetero) is 2. The number of nitro groups is 1. The van der Waals surface area contributed by atoms with E-state index in [4.69, 9.17) is 5.11 Å². The number of hydrogen-bond acceptors (Lipinski definition) is 6. The molecule has 1 heterocycles. The summed E-state index contributed by atoms with van der Waals surface area (Å²) >= 11 is 0. The molecule has 1 aliphatic rings. The Morgan fingerprint density at radius 3 is 2.54 bits per heavy atom.